The second-order valence-corrected chi connectivity index (χ2v) is 9.13. The summed E-state index contributed by atoms with van der Waals surface area (Å²) in [6, 6.07) is 4.72. The predicted molar refractivity (Wildman–Crippen MR) is 124 cm³/mol. The fourth-order valence-electron chi connectivity index (χ4n) is 3.40. The van der Waals surface area contributed by atoms with Gasteiger partial charge in [-0.15, -0.1) is 0 Å². The molecule has 0 fully saturated rings. The van der Waals surface area contributed by atoms with Gasteiger partial charge in [0.1, 0.15) is 18.2 Å². The molecule has 1 aromatic carbocycles. The Morgan fingerprint density at radius 2 is 1.84 bits per heavy atom. The third-order valence-electron chi connectivity index (χ3n) is 4.84. The number of rotatable bonds is 10. The van der Waals surface area contributed by atoms with Crippen LogP contribution in [0.15, 0.2) is 18.2 Å². The van der Waals surface area contributed by atoms with Gasteiger partial charge in [-0.1, -0.05) is 37.1 Å². The SMILES string of the molecule is CCCC(C)NC(=O)C(c1cc(C)ccc1C)N(CCO)C(=O)CNC(=O)OC(C)(C)C. The Morgan fingerprint density at radius 3 is 2.41 bits per heavy atom. The normalized spacial score (nSPS) is 13.1. The van der Waals surface area contributed by atoms with Crippen LogP contribution < -0.4 is 10.6 Å². The Bertz CT molecular complexity index is 788. The van der Waals surface area contributed by atoms with Gasteiger partial charge < -0.3 is 25.4 Å². The number of carbonyl (C=O) groups excluding carboxylic acids is 3. The molecule has 0 aliphatic carbocycles. The summed E-state index contributed by atoms with van der Waals surface area (Å²) in [7, 11) is 0. The van der Waals surface area contributed by atoms with Gasteiger partial charge in [-0.25, -0.2) is 4.79 Å². The van der Waals surface area contributed by atoms with Crippen LogP contribution in [0.3, 0.4) is 0 Å². The lowest BCUT2D eigenvalue weighted by atomic mass is 9.96. The van der Waals surface area contributed by atoms with Gasteiger partial charge in [0, 0.05) is 12.6 Å². The second-order valence-electron chi connectivity index (χ2n) is 9.13. The minimum Gasteiger partial charge on any atom is -0.444 e. The number of carbonyl (C=O) groups is 3. The molecule has 8 heteroatoms. The molecule has 0 aliphatic rings. The lowest BCUT2D eigenvalue weighted by Crippen LogP contribution is -2.50. The van der Waals surface area contributed by atoms with E-state index in [1.165, 1.54) is 4.90 Å². The molecule has 3 N–H and O–H groups in total. The van der Waals surface area contributed by atoms with E-state index in [2.05, 4.69) is 10.6 Å². The van der Waals surface area contributed by atoms with E-state index in [0.29, 0.717) is 5.56 Å². The molecule has 180 valence electrons. The quantitative estimate of drug-likeness (QED) is 0.509. The minimum absolute atomic E-state index is 0.0531. The Labute approximate surface area is 191 Å². The van der Waals surface area contributed by atoms with E-state index < -0.39 is 23.6 Å². The molecule has 2 atom stereocenters. The van der Waals surface area contributed by atoms with Crippen LogP contribution in [-0.2, 0) is 14.3 Å². The molecule has 8 nitrogen and oxygen atoms in total. The van der Waals surface area contributed by atoms with Crippen LogP contribution in [0.1, 0.15) is 70.2 Å². The van der Waals surface area contributed by atoms with Crippen LogP contribution >= 0.6 is 0 Å². The van der Waals surface area contributed by atoms with Gasteiger partial charge in [-0.05, 0) is 59.1 Å². The van der Waals surface area contributed by atoms with Gasteiger partial charge in [0.2, 0.25) is 11.8 Å². The number of hydrogen-bond donors (Lipinski definition) is 3. The van der Waals surface area contributed by atoms with Crippen molar-refractivity contribution in [3.8, 4) is 0 Å². The Hall–Kier alpha value is -2.61. The average Bonchev–Trinajstić information content (AvgIpc) is 2.67. The van der Waals surface area contributed by atoms with E-state index in [4.69, 9.17) is 4.74 Å². The van der Waals surface area contributed by atoms with Crippen molar-refractivity contribution in [2.45, 2.75) is 79.0 Å². The van der Waals surface area contributed by atoms with E-state index in [1.54, 1.807) is 20.8 Å². The van der Waals surface area contributed by atoms with Crippen molar-refractivity contribution < 1.29 is 24.2 Å². The smallest absolute Gasteiger partial charge is 0.408 e. The topological polar surface area (TPSA) is 108 Å². The number of benzene rings is 1. The Morgan fingerprint density at radius 1 is 1.19 bits per heavy atom. The molecule has 0 spiro atoms. The Kier molecular flexibility index (Phi) is 10.7. The number of ether oxygens (including phenoxy) is 1. The van der Waals surface area contributed by atoms with E-state index >= 15 is 0 Å². The fourth-order valence-corrected chi connectivity index (χ4v) is 3.40. The van der Waals surface area contributed by atoms with Gasteiger partial charge in [0.25, 0.3) is 0 Å². The highest BCUT2D eigenvalue weighted by molar-refractivity contribution is 5.90. The number of nitrogens with zero attached hydrogens (tertiary/aromatic N) is 1. The summed E-state index contributed by atoms with van der Waals surface area (Å²) in [4.78, 5) is 39.7. The summed E-state index contributed by atoms with van der Waals surface area (Å²) in [6.07, 6.45) is 0.993. The third-order valence-corrected chi connectivity index (χ3v) is 4.84. The summed E-state index contributed by atoms with van der Waals surface area (Å²) in [5.74, 6) is -0.812. The van der Waals surface area contributed by atoms with Crippen molar-refractivity contribution in [2.24, 2.45) is 0 Å². The van der Waals surface area contributed by atoms with Crippen LogP contribution in [0.25, 0.3) is 0 Å². The molecular weight excluding hydrogens is 410 g/mol. The molecule has 0 radical (unpaired) electrons. The molecule has 2 unspecified atom stereocenters. The highest BCUT2D eigenvalue weighted by Crippen LogP contribution is 2.26. The van der Waals surface area contributed by atoms with Crippen molar-refractivity contribution in [2.75, 3.05) is 19.7 Å². The summed E-state index contributed by atoms with van der Waals surface area (Å²) >= 11 is 0. The first-order valence-electron chi connectivity index (χ1n) is 11.1. The summed E-state index contributed by atoms with van der Waals surface area (Å²) in [5.41, 5.74) is 1.79. The summed E-state index contributed by atoms with van der Waals surface area (Å²) in [6.45, 7) is 12.2. The first-order chi connectivity index (χ1) is 14.9. The molecule has 32 heavy (non-hydrogen) atoms. The first kappa shape index (κ1) is 27.4. The summed E-state index contributed by atoms with van der Waals surface area (Å²) in [5, 5.41) is 15.1. The maximum absolute atomic E-state index is 13.3. The highest BCUT2D eigenvalue weighted by Gasteiger charge is 2.33. The maximum atomic E-state index is 13.3. The molecule has 0 saturated carbocycles. The molecule has 1 aromatic rings. The van der Waals surface area contributed by atoms with Crippen molar-refractivity contribution in [1.82, 2.24) is 15.5 Å². The zero-order chi connectivity index (χ0) is 24.5. The number of amides is 3. The monoisotopic (exact) mass is 449 g/mol. The van der Waals surface area contributed by atoms with Gasteiger partial charge in [0.05, 0.1) is 6.61 Å². The molecular formula is C24H39N3O5. The minimum atomic E-state index is -0.936. The molecule has 0 saturated heterocycles. The Balaban J connectivity index is 3.23. The second kappa shape index (κ2) is 12.4. The summed E-state index contributed by atoms with van der Waals surface area (Å²) < 4.78 is 5.19. The van der Waals surface area contributed by atoms with Gasteiger partial charge in [-0.2, -0.15) is 0 Å². The molecule has 0 bridgehead atoms. The number of nitrogens with one attached hydrogen (secondary N) is 2. The molecule has 3 amide bonds. The van der Waals surface area contributed by atoms with E-state index in [9.17, 15) is 19.5 Å². The molecule has 0 heterocycles. The van der Waals surface area contributed by atoms with E-state index in [1.807, 2.05) is 45.9 Å². The zero-order valence-electron chi connectivity index (χ0n) is 20.4. The van der Waals surface area contributed by atoms with E-state index in [-0.39, 0.29) is 31.6 Å². The fraction of sp³-hybridized carbons (Fsp3) is 0.625. The lowest BCUT2D eigenvalue weighted by molar-refractivity contribution is -0.141. The maximum Gasteiger partial charge on any atom is 0.408 e. The molecule has 0 aromatic heterocycles. The van der Waals surface area contributed by atoms with Crippen molar-refractivity contribution in [1.29, 1.82) is 0 Å². The van der Waals surface area contributed by atoms with Crippen molar-refractivity contribution in [3.05, 3.63) is 34.9 Å². The molecule has 0 aliphatic heterocycles. The zero-order valence-corrected chi connectivity index (χ0v) is 20.4. The highest BCUT2D eigenvalue weighted by atomic mass is 16.6. The van der Waals surface area contributed by atoms with Gasteiger partial charge >= 0.3 is 6.09 Å². The first-order valence-corrected chi connectivity index (χ1v) is 11.1. The van der Waals surface area contributed by atoms with Crippen LogP contribution in [0.4, 0.5) is 4.79 Å². The van der Waals surface area contributed by atoms with E-state index in [0.717, 1.165) is 24.0 Å². The van der Waals surface area contributed by atoms with Crippen LogP contribution in [0, 0.1) is 13.8 Å². The predicted octanol–water partition coefficient (Wildman–Crippen LogP) is 2.99. The number of hydrogen-bond acceptors (Lipinski definition) is 5. The van der Waals surface area contributed by atoms with Gasteiger partial charge in [-0.3, -0.25) is 9.59 Å². The number of aliphatic hydroxyl groups excluding tert-OH is 1. The van der Waals surface area contributed by atoms with Crippen LogP contribution in [0.5, 0.6) is 0 Å². The van der Waals surface area contributed by atoms with Crippen LogP contribution in [0.2, 0.25) is 0 Å². The van der Waals surface area contributed by atoms with Crippen molar-refractivity contribution >= 4 is 17.9 Å². The van der Waals surface area contributed by atoms with Gasteiger partial charge in [0.15, 0.2) is 0 Å². The largest absolute Gasteiger partial charge is 0.444 e. The van der Waals surface area contributed by atoms with Crippen LogP contribution in [-0.4, -0.2) is 59.3 Å². The number of aryl methyl sites for hydroxylation is 2. The molecule has 1 rings (SSSR count). The number of alkyl carbamates (subject to hydrolysis) is 1. The standard InChI is InChI=1S/C24H39N3O5/c1-8-9-18(4)26-22(30)21(19-14-16(2)10-11-17(19)3)27(12-13-28)20(29)15-25-23(31)32-24(5,6)7/h10-11,14,18,21,28H,8-9,12-13,15H2,1-7H3,(H,25,31)(H,26,30). The average molecular weight is 450 g/mol. The van der Waals surface area contributed by atoms with Crippen molar-refractivity contribution in [3.63, 3.8) is 0 Å². The lowest BCUT2D eigenvalue weighted by Gasteiger charge is -2.33. The number of aliphatic hydroxyl groups is 1. The third kappa shape index (κ3) is 8.86.